The molecule has 1 aliphatic heterocycles. The van der Waals surface area contributed by atoms with Crippen molar-refractivity contribution in [2.45, 2.75) is 57.2 Å². The van der Waals surface area contributed by atoms with Gasteiger partial charge in [0.1, 0.15) is 18.3 Å². The fourth-order valence-electron chi connectivity index (χ4n) is 5.04. The van der Waals surface area contributed by atoms with Gasteiger partial charge < -0.3 is 19.3 Å². The number of aliphatic hydroxyl groups is 1. The molecule has 36 heavy (non-hydrogen) atoms. The Morgan fingerprint density at radius 1 is 1.19 bits per heavy atom. The van der Waals surface area contributed by atoms with E-state index in [4.69, 9.17) is 49.0 Å². The number of hydrogen-bond acceptors (Lipinski definition) is 6. The van der Waals surface area contributed by atoms with Crippen LogP contribution in [0, 0.1) is 11.3 Å². The van der Waals surface area contributed by atoms with E-state index in [-0.39, 0.29) is 38.6 Å². The summed E-state index contributed by atoms with van der Waals surface area (Å²) in [6.07, 6.45) is 6.91. The topological polar surface area (TPSA) is 65.0 Å². The molecule has 2 fully saturated rings. The fraction of sp³-hybridized carbons (Fsp3) is 0.593. The summed E-state index contributed by atoms with van der Waals surface area (Å²) in [5.41, 5.74) is 2.26. The molecule has 1 saturated heterocycles. The SMILES string of the molecule is CCCc1sc(C(=O)OCC2(CO)COCOC2)cc1-c1c(Cl)cc(Cl)cc1CC[C@H]1CC[C@@H](Cl)C1. The van der Waals surface area contributed by atoms with Crippen molar-refractivity contribution in [2.24, 2.45) is 11.3 Å². The minimum atomic E-state index is -0.741. The van der Waals surface area contributed by atoms with E-state index >= 15 is 0 Å². The second-order valence-electron chi connectivity index (χ2n) is 9.98. The average molecular weight is 576 g/mol. The van der Waals surface area contributed by atoms with E-state index in [1.54, 1.807) is 6.07 Å². The van der Waals surface area contributed by atoms with Crippen LogP contribution >= 0.6 is 46.1 Å². The fourth-order valence-corrected chi connectivity index (χ4v) is 7.22. The number of rotatable bonds is 10. The summed E-state index contributed by atoms with van der Waals surface area (Å²) >= 11 is 21.0. The number of aryl methyl sites for hydroxylation is 2. The van der Waals surface area contributed by atoms with Gasteiger partial charge in [0.05, 0.1) is 30.3 Å². The summed E-state index contributed by atoms with van der Waals surface area (Å²) in [6.45, 7) is 2.69. The van der Waals surface area contributed by atoms with Gasteiger partial charge in [0, 0.05) is 20.8 Å². The van der Waals surface area contributed by atoms with Gasteiger partial charge in [-0.15, -0.1) is 22.9 Å². The summed E-state index contributed by atoms with van der Waals surface area (Å²) in [6, 6.07) is 5.65. The van der Waals surface area contributed by atoms with Gasteiger partial charge in [-0.3, -0.25) is 0 Å². The van der Waals surface area contributed by atoms with E-state index in [1.807, 2.05) is 12.1 Å². The molecule has 4 rings (SSSR count). The smallest absolute Gasteiger partial charge is 0.348 e. The maximum atomic E-state index is 13.1. The Balaban J connectivity index is 1.58. The number of aliphatic hydroxyl groups excluding tert-OH is 1. The predicted molar refractivity (Wildman–Crippen MR) is 146 cm³/mol. The van der Waals surface area contributed by atoms with Crippen molar-refractivity contribution in [3.05, 3.63) is 43.6 Å². The zero-order valence-corrected chi connectivity index (χ0v) is 23.6. The Morgan fingerprint density at radius 3 is 2.64 bits per heavy atom. The zero-order valence-electron chi connectivity index (χ0n) is 20.5. The third kappa shape index (κ3) is 6.76. The molecule has 1 saturated carbocycles. The standard InChI is InChI=1S/C27H33Cl3O5S/c1-2-3-23-21(11-24(36-23)26(32)35-15-27(12-31)13-33-16-34-14-27)25-18(9-20(29)10-22(25)30)6-4-17-5-7-19(28)8-17/h9-11,17,19,31H,2-8,12-16H2,1H3/t17-,19+/m0/s1. The number of ether oxygens (including phenoxy) is 3. The highest BCUT2D eigenvalue weighted by atomic mass is 35.5. The molecular weight excluding hydrogens is 543 g/mol. The number of alkyl halides is 1. The summed E-state index contributed by atoms with van der Waals surface area (Å²) in [5.74, 6) is 0.181. The normalized spacial score (nSPS) is 21.6. The lowest BCUT2D eigenvalue weighted by molar-refractivity contribution is -0.187. The molecule has 0 spiro atoms. The first kappa shape index (κ1) is 28.2. The number of benzene rings is 1. The van der Waals surface area contributed by atoms with E-state index < -0.39 is 11.4 Å². The number of carbonyl (C=O) groups is 1. The van der Waals surface area contributed by atoms with Crippen LogP contribution in [0.1, 0.15) is 59.1 Å². The molecule has 2 atom stereocenters. The van der Waals surface area contributed by atoms with E-state index in [9.17, 15) is 9.90 Å². The highest BCUT2D eigenvalue weighted by Crippen LogP contribution is 2.42. The van der Waals surface area contributed by atoms with Crippen molar-refractivity contribution in [3.8, 4) is 11.1 Å². The molecule has 9 heteroatoms. The second-order valence-corrected chi connectivity index (χ2v) is 12.6. The average Bonchev–Trinajstić information content (AvgIpc) is 3.48. The Bertz CT molecular complexity index is 1050. The highest BCUT2D eigenvalue weighted by molar-refractivity contribution is 7.14. The minimum absolute atomic E-state index is 0.0224. The molecule has 198 valence electrons. The molecule has 1 aliphatic carbocycles. The Kier molecular flexibility index (Phi) is 10.0. The van der Waals surface area contributed by atoms with Crippen LogP contribution < -0.4 is 0 Å². The predicted octanol–water partition coefficient (Wildman–Crippen LogP) is 7.15. The number of thiophene rings is 1. The summed E-state index contributed by atoms with van der Waals surface area (Å²) in [7, 11) is 0. The van der Waals surface area contributed by atoms with Crippen LogP contribution in [-0.2, 0) is 27.1 Å². The van der Waals surface area contributed by atoms with E-state index in [0.29, 0.717) is 20.8 Å². The lowest BCUT2D eigenvalue weighted by Gasteiger charge is -2.34. The van der Waals surface area contributed by atoms with Crippen molar-refractivity contribution in [3.63, 3.8) is 0 Å². The van der Waals surface area contributed by atoms with Gasteiger partial charge in [-0.2, -0.15) is 0 Å². The minimum Gasteiger partial charge on any atom is -0.461 e. The molecule has 0 unspecified atom stereocenters. The summed E-state index contributed by atoms with van der Waals surface area (Å²) in [5, 5.41) is 11.3. The number of esters is 1. The van der Waals surface area contributed by atoms with Crippen molar-refractivity contribution in [2.75, 3.05) is 33.2 Å². The third-order valence-electron chi connectivity index (χ3n) is 7.02. The zero-order chi connectivity index (χ0) is 25.7. The summed E-state index contributed by atoms with van der Waals surface area (Å²) < 4.78 is 16.3. The van der Waals surface area contributed by atoms with Crippen molar-refractivity contribution < 1.29 is 24.1 Å². The van der Waals surface area contributed by atoms with Crippen molar-refractivity contribution in [1.82, 2.24) is 0 Å². The number of hydrogen-bond donors (Lipinski definition) is 1. The molecule has 1 aromatic carbocycles. The van der Waals surface area contributed by atoms with Crippen LogP contribution in [-0.4, -0.2) is 49.7 Å². The Morgan fingerprint density at radius 2 is 1.97 bits per heavy atom. The van der Waals surface area contributed by atoms with Crippen LogP contribution in [0.15, 0.2) is 18.2 Å². The van der Waals surface area contributed by atoms with Crippen LogP contribution in [0.5, 0.6) is 0 Å². The van der Waals surface area contributed by atoms with Gasteiger partial charge >= 0.3 is 5.97 Å². The quantitative estimate of drug-likeness (QED) is 0.241. The maximum Gasteiger partial charge on any atom is 0.348 e. The van der Waals surface area contributed by atoms with E-state index in [0.717, 1.165) is 66.5 Å². The highest BCUT2D eigenvalue weighted by Gasteiger charge is 2.35. The number of carbonyl (C=O) groups excluding carboxylic acids is 1. The first-order valence-corrected chi connectivity index (χ1v) is 14.5. The van der Waals surface area contributed by atoms with Crippen LogP contribution in [0.3, 0.4) is 0 Å². The van der Waals surface area contributed by atoms with Crippen LogP contribution in [0.25, 0.3) is 11.1 Å². The Labute approximate surface area is 232 Å². The third-order valence-corrected chi connectivity index (χ3v) is 9.11. The molecule has 5 nitrogen and oxygen atoms in total. The molecule has 0 radical (unpaired) electrons. The molecule has 2 aliphatic rings. The van der Waals surface area contributed by atoms with Crippen molar-refractivity contribution >= 4 is 52.1 Å². The molecule has 0 bridgehead atoms. The van der Waals surface area contributed by atoms with Gasteiger partial charge in [0.15, 0.2) is 0 Å². The van der Waals surface area contributed by atoms with E-state index in [2.05, 4.69) is 6.92 Å². The second kappa shape index (κ2) is 12.8. The van der Waals surface area contributed by atoms with E-state index in [1.165, 1.54) is 11.3 Å². The van der Waals surface area contributed by atoms with Gasteiger partial charge in [-0.1, -0.05) is 36.5 Å². The maximum absolute atomic E-state index is 13.1. The largest absolute Gasteiger partial charge is 0.461 e. The van der Waals surface area contributed by atoms with Gasteiger partial charge in [-0.05, 0) is 73.8 Å². The van der Waals surface area contributed by atoms with Gasteiger partial charge in [0.2, 0.25) is 0 Å². The van der Waals surface area contributed by atoms with Gasteiger partial charge in [0.25, 0.3) is 0 Å². The first-order chi connectivity index (χ1) is 17.3. The molecular formula is C27H33Cl3O5S. The van der Waals surface area contributed by atoms with Crippen molar-refractivity contribution in [1.29, 1.82) is 0 Å². The molecule has 1 N–H and O–H groups in total. The monoisotopic (exact) mass is 574 g/mol. The molecule has 1 aromatic heterocycles. The molecule has 2 aromatic rings. The van der Waals surface area contributed by atoms with Crippen LogP contribution in [0.2, 0.25) is 10.0 Å². The Hall–Kier alpha value is -0.860. The summed E-state index contributed by atoms with van der Waals surface area (Å²) in [4.78, 5) is 14.7. The first-order valence-electron chi connectivity index (χ1n) is 12.5. The van der Waals surface area contributed by atoms with Gasteiger partial charge in [-0.25, -0.2) is 4.79 Å². The molecule has 2 heterocycles. The lowest BCUT2D eigenvalue weighted by atomic mass is 9.92. The number of halogens is 3. The van der Waals surface area contributed by atoms with Crippen LogP contribution in [0.4, 0.5) is 0 Å². The molecule has 0 amide bonds. The lowest BCUT2D eigenvalue weighted by Crippen LogP contribution is -2.44.